The molecule has 1 rings (SSSR count). The maximum atomic E-state index is 2.33. The molecule has 14 heavy (non-hydrogen) atoms. The van der Waals surface area contributed by atoms with Crippen LogP contribution in [0.1, 0.15) is 52.0 Å². The molecule has 0 heterocycles. The summed E-state index contributed by atoms with van der Waals surface area (Å²) in [5, 5.41) is 0. The molecule has 0 aliphatic carbocycles. The molecule has 0 radical (unpaired) electrons. The molecular formula is C14H22. The van der Waals surface area contributed by atoms with E-state index in [9.17, 15) is 0 Å². The highest BCUT2D eigenvalue weighted by Crippen LogP contribution is 2.38. The Morgan fingerprint density at radius 2 is 1.64 bits per heavy atom. The van der Waals surface area contributed by atoms with Crippen molar-refractivity contribution in [2.45, 2.75) is 46.5 Å². The first-order valence-electron chi connectivity index (χ1n) is 5.60. The standard InChI is InChI=1S/C14H22/c1-5-9-13(14(2,3)4)12-10-7-6-8-11-12/h6-8,10-11,13H,5,9H2,1-4H3. The van der Waals surface area contributed by atoms with E-state index in [0.29, 0.717) is 11.3 Å². The van der Waals surface area contributed by atoms with Crippen molar-refractivity contribution in [2.75, 3.05) is 0 Å². The minimum Gasteiger partial charge on any atom is -0.0654 e. The highest BCUT2D eigenvalue weighted by molar-refractivity contribution is 5.21. The molecule has 0 aliphatic heterocycles. The Morgan fingerprint density at radius 1 is 1.07 bits per heavy atom. The minimum atomic E-state index is 0.372. The van der Waals surface area contributed by atoms with Crippen LogP contribution in [0.2, 0.25) is 0 Å². The lowest BCUT2D eigenvalue weighted by atomic mass is 9.74. The monoisotopic (exact) mass is 190 g/mol. The van der Waals surface area contributed by atoms with E-state index in [-0.39, 0.29) is 0 Å². The fourth-order valence-corrected chi connectivity index (χ4v) is 2.07. The van der Waals surface area contributed by atoms with E-state index in [1.54, 1.807) is 0 Å². The van der Waals surface area contributed by atoms with Crippen LogP contribution in [0.3, 0.4) is 0 Å². The zero-order valence-corrected chi connectivity index (χ0v) is 9.88. The van der Waals surface area contributed by atoms with Crippen molar-refractivity contribution >= 4 is 0 Å². The first-order valence-corrected chi connectivity index (χ1v) is 5.60. The van der Waals surface area contributed by atoms with Crippen molar-refractivity contribution in [1.82, 2.24) is 0 Å². The molecule has 0 nitrogen and oxygen atoms in total. The molecule has 1 unspecified atom stereocenters. The Kier molecular flexibility index (Phi) is 3.74. The summed E-state index contributed by atoms with van der Waals surface area (Å²) in [6, 6.07) is 10.9. The van der Waals surface area contributed by atoms with Gasteiger partial charge in [-0.2, -0.15) is 0 Å². The molecule has 0 saturated carbocycles. The molecule has 0 saturated heterocycles. The van der Waals surface area contributed by atoms with Gasteiger partial charge in [0.05, 0.1) is 0 Å². The quantitative estimate of drug-likeness (QED) is 0.652. The van der Waals surface area contributed by atoms with Crippen LogP contribution in [0.5, 0.6) is 0 Å². The van der Waals surface area contributed by atoms with Crippen molar-refractivity contribution in [1.29, 1.82) is 0 Å². The van der Waals surface area contributed by atoms with Crippen LogP contribution in [0.4, 0.5) is 0 Å². The highest BCUT2D eigenvalue weighted by Gasteiger charge is 2.24. The Hall–Kier alpha value is -0.780. The molecule has 0 spiro atoms. The van der Waals surface area contributed by atoms with Gasteiger partial charge in [-0.05, 0) is 23.3 Å². The van der Waals surface area contributed by atoms with Crippen LogP contribution >= 0.6 is 0 Å². The normalized spacial score (nSPS) is 14.0. The molecule has 0 aliphatic rings. The maximum absolute atomic E-state index is 2.33. The SMILES string of the molecule is CCCC(c1ccccc1)C(C)(C)C. The summed E-state index contributed by atoms with van der Waals surface area (Å²) in [4.78, 5) is 0. The van der Waals surface area contributed by atoms with Crippen molar-refractivity contribution in [3.63, 3.8) is 0 Å². The second kappa shape index (κ2) is 4.63. The largest absolute Gasteiger partial charge is 0.0654 e. The van der Waals surface area contributed by atoms with Crippen molar-refractivity contribution in [3.05, 3.63) is 35.9 Å². The summed E-state index contributed by atoms with van der Waals surface area (Å²) in [6.45, 7) is 9.27. The molecule has 0 amide bonds. The molecule has 1 atom stereocenters. The Bertz CT molecular complexity index is 253. The minimum absolute atomic E-state index is 0.372. The predicted molar refractivity (Wildman–Crippen MR) is 63.5 cm³/mol. The van der Waals surface area contributed by atoms with Gasteiger partial charge in [0, 0.05) is 0 Å². The molecule has 0 heteroatoms. The van der Waals surface area contributed by atoms with E-state index < -0.39 is 0 Å². The number of benzene rings is 1. The summed E-state index contributed by atoms with van der Waals surface area (Å²) in [5.74, 6) is 0.689. The second-order valence-electron chi connectivity index (χ2n) is 5.12. The van der Waals surface area contributed by atoms with E-state index in [4.69, 9.17) is 0 Å². The van der Waals surface area contributed by atoms with E-state index in [1.165, 1.54) is 18.4 Å². The van der Waals surface area contributed by atoms with E-state index in [0.717, 1.165) is 0 Å². The van der Waals surface area contributed by atoms with Crippen LogP contribution in [0.25, 0.3) is 0 Å². The van der Waals surface area contributed by atoms with Gasteiger partial charge in [-0.3, -0.25) is 0 Å². The third kappa shape index (κ3) is 2.87. The first-order chi connectivity index (χ1) is 6.55. The summed E-state index contributed by atoms with van der Waals surface area (Å²) in [6.07, 6.45) is 2.55. The summed E-state index contributed by atoms with van der Waals surface area (Å²) in [7, 11) is 0. The van der Waals surface area contributed by atoms with Gasteiger partial charge < -0.3 is 0 Å². The van der Waals surface area contributed by atoms with E-state index >= 15 is 0 Å². The smallest absolute Gasteiger partial charge is 0.0113 e. The molecule has 1 aromatic rings. The highest BCUT2D eigenvalue weighted by atomic mass is 14.3. The van der Waals surface area contributed by atoms with E-state index in [2.05, 4.69) is 58.0 Å². The lowest BCUT2D eigenvalue weighted by Gasteiger charge is -2.31. The average molecular weight is 190 g/mol. The average Bonchev–Trinajstić information content (AvgIpc) is 2.14. The molecule has 0 N–H and O–H groups in total. The molecule has 0 fully saturated rings. The van der Waals surface area contributed by atoms with Crippen LogP contribution in [-0.2, 0) is 0 Å². The Balaban J connectivity index is 2.89. The van der Waals surface area contributed by atoms with Crippen molar-refractivity contribution in [3.8, 4) is 0 Å². The summed E-state index contributed by atoms with van der Waals surface area (Å²) in [5.41, 5.74) is 1.86. The third-order valence-electron chi connectivity index (χ3n) is 2.82. The number of rotatable bonds is 3. The molecule has 0 aromatic heterocycles. The third-order valence-corrected chi connectivity index (χ3v) is 2.82. The summed E-state index contributed by atoms with van der Waals surface area (Å²) >= 11 is 0. The number of hydrogen-bond donors (Lipinski definition) is 0. The Morgan fingerprint density at radius 3 is 2.07 bits per heavy atom. The zero-order chi connectivity index (χ0) is 10.6. The van der Waals surface area contributed by atoms with Crippen LogP contribution < -0.4 is 0 Å². The van der Waals surface area contributed by atoms with Crippen LogP contribution in [0, 0.1) is 5.41 Å². The van der Waals surface area contributed by atoms with Crippen LogP contribution in [0.15, 0.2) is 30.3 Å². The van der Waals surface area contributed by atoms with E-state index in [1.807, 2.05) is 0 Å². The van der Waals surface area contributed by atoms with Gasteiger partial charge >= 0.3 is 0 Å². The lowest BCUT2D eigenvalue weighted by molar-refractivity contribution is 0.303. The zero-order valence-electron chi connectivity index (χ0n) is 9.88. The van der Waals surface area contributed by atoms with Gasteiger partial charge in [-0.1, -0.05) is 64.4 Å². The molecule has 1 aromatic carbocycles. The molecule has 78 valence electrons. The van der Waals surface area contributed by atoms with Gasteiger partial charge in [-0.25, -0.2) is 0 Å². The van der Waals surface area contributed by atoms with Gasteiger partial charge in [-0.15, -0.1) is 0 Å². The first kappa shape index (κ1) is 11.3. The Labute approximate surface area is 88.4 Å². The topological polar surface area (TPSA) is 0 Å². The van der Waals surface area contributed by atoms with Gasteiger partial charge in [0.1, 0.15) is 0 Å². The van der Waals surface area contributed by atoms with Crippen molar-refractivity contribution in [2.24, 2.45) is 5.41 Å². The molecular weight excluding hydrogens is 168 g/mol. The maximum Gasteiger partial charge on any atom is -0.0113 e. The van der Waals surface area contributed by atoms with Gasteiger partial charge in [0.25, 0.3) is 0 Å². The lowest BCUT2D eigenvalue weighted by Crippen LogP contribution is -2.18. The summed E-state index contributed by atoms with van der Waals surface area (Å²) < 4.78 is 0. The predicted octanol–water partition coefficient (Wildman–Crippen LogP) is 4.62. The fraction of sp³-hybridized carbons (Fsp3) is 0.571. The van der Waals surface area contributed by atoms with Gasteiger partial charge in [0.15, 0.2) is 0 Å². The van der Waals surface area contributed by atoms with Crippen molar-refractivity contribution < 1.29 is 0 Å². The van der Waals surface area contributed by atoms with Crippen LogP contribution in [-0.4, -0.2) is 0 Å². The number of hydrogen-bond acceptors (Lipinski definition) is 0. The molecule has 0 bridgehead atoms. The van der Waals surface area contributed by atoms with Gasteiger partial charge in [0.2, 0.25) is 0 Å². The fourth-order valence-electron chi connectivity index (χ4n) is 2.07. The second-order valence-corrected chi connectivity index (χ2v) is 5.12.